The molecular formula is C8H14O2. The van der Waals surface area contributed by atoms with Crippen LogP contribution in [0.4, 0.5) is 0 Å². The molecule has 2 heteroatoms. The van der Waals surface area contributed by atoms with Crippen molar-refractivity contribution in [1.29, 1.82) is 0 Å². The molecule has 2 nitrogen and oxygen atoms in total. The van der Waals surface area contributed by atoms with Gasteiger partial charge < -0.3 is 5.11 Å². The van der Waals surface area contributed by atoms with E-state index in [2.05, 4.69) is 6.58 Å². The van der Waals surface area contributed by atoms with Crippen molar-refractivity contribution in [2.75, 3.05) is 0 Å². The molecule has 10 heavy (non-hydrogen) atoms. The molecule has 1 atom stereocenters. The highest BCUT2D eigenvalue weighted by molar-refractivity contribution is 5.93. The molecule has 0 bridgehead atoms. The van der Waals surface area contributed by atoms with Crippen molar-refractivity contribution in [1.82, 2.24) is 0 Å². The van der Waals surface area contributed by atoms with Crippen molar-refractivity contribution >= 4 is 5.78 Å². The fraction of sp³-hybridized carbons (Fsp3) is 0.625. The van der Waals surface area contributed by atoms with Gasteiger partial charge in [-0.05, 0) is 12.8 Å². The minimum absolute atomic E-state index is 0.0661. The number of Topliss-reactive ketones (excluding diaryl/α,β-unsaturated/α-hetero) is 1. The van der Waals surface area contributed by atoms with Crippen LogP contribution < -0.4 is 0 Å². The zero-order chi connectivity index (χ0) is 8.31. The van der Waals surface area contributed by atoms with Crippen LogP contribution in [0.25, 0.3) is 0 Å². The minimum Gasteiger partial charge on any atom is -0.388 e. The molecule has 0 heterocycles. The number of aliphatic hydroxyl groups is 1. The Kier molecular flexibility index (Phi) is 3.30. The average molecular weight is 142 g/mol. The predicted octanol–water partition coefficient (Wildman–Crippen LogP) is 1.15. The molecule has 0 aromatic carbocycles. The van der Waals surface area contributed by atoms with E-state index in [1.54, 1.807) is 0 Å². The lowest BCUT2D eigenvalue weighted by Gasteiger charge is -2.14. The van der Waals surface area contributed by atoms with E-state index in [9.17, 15) is 9.90 Å². The summed E-state index contributed by atoms with van der Waals surface area (Å²) in [5, 5.41) is 9.24. The van der Waals surface area contributed by atoms with E-state index in [4.69, 9.17) is 0 Å². The Morgan fingerprint density at radius 2 is 1.90 bits per heavy atom. The summed E-state index contributed by atoms with van der Waals surface area (Å²) in [6.07, 6.45) is -0.683. The zero-order valence-electron chi connectivity index (χ0n) is 6.72. The Balaban J connectivity index is 4.08. The first-order chi connectivity index (χ1) is 4.46. The van der Waals surface area contributed by atoms with E-state index < -0.39 is 6.10 Å². The van der Waals surface area contributed by atoms with E-state index in [-0.39, 0.29) is 11.7 Å². The molecule has 0 saturated carbocycles. The number of carbonyl (C=O) groups is 1. The molecule has 1 N–H and O–H groups in total. The second-order valence-corrected chi connectivity index (χ2v) is 2.77. The fourth-order valence-electron chi connectivity index (χ4n) is 0.611. The van der Waals surface area contributed by atoms with Crippen LogP contribution in [0.1, 0.15) is 20.8 Å². The molecular weight excluding hydrogens is 128 g/mol. The second kappa shape index (κ2) is 3.52. The number of hydrogen-bond donors (Lipinski definition) is 1. The molecule has 0 spiro atoms. The van der Waals surface area contributed by atoms with Crippen LogP contribution in [0, 0.1) is 5.92 Å². The Bertz CT molecular complexity index is 147. The van der Waals surface area contributed by atoms with Crippen LogP contribution in [0.15, 0.2) is 12.2 Å². The van der Waals surface area contributed by atoms with Gasteiger partial charge in [0.2, 0.25) is 0 Å². The highest BCUT2D eigenvalue weighted by atomic mass is 16.3. The van der Waals surface area contributed by atoms with Crippen LogP contribution in [-0.4, -0.2) is 17.0 Å². The maximum atomic E-state index is 10.6. The third-order valence-corrected chi connectivity index (χ3v) is 1.44. The first kappa shape index (κ1) is 9.37. The van der Waals surface area contributed by atoms with Gasteiger partial charge in [0.25, 0.3) is 0 Å². The summed E-state index contributed by atoms with van der Waals surface area (Å²) in [5.41, 5.74) is 0.301. The average Bonchev–Trinajstić information content (AvgIpc) is 1.84. The highest BCUT2D eigenvalue weighted by Crippen LogP contribution is 2.10. The van der Waals surface area contributed by atoms with Gasteiger partial charge in [0, 0.05) is 5.57 Å². The first-order valence-electron chi connectivity index (χ1n) is 3.34. The number of aliphatic hydroxyl groups excluding tert-OH is 1. The topological polar surface area (TPSA) is 37.3 Å². The Morgan fingerprint density at radius 3 is 2.00 bits per heavy atom. The van der Waals surface area contributed by atoms with Crippen LogP contribution in [0.2, 0.25) is 0 Å². The van der Waals surface area contributed by atoms with Gasteiger partial charge in [-0.1, -0.05) is 20.4 Å². The maximum Gasteiger partial charge on any atom is 0.157 e. The van der Waals surface area contributed by atoms with Gasteiger partial charge in [0.15, 0.2) is 5.78 Å². The molecule has 58 valence electrons. The Morgan fingerprint density at radius 1 is 1.50 bits per heavy atom. The summed E-state index contributed by atoms with van der Waals surface area (Å²) >= 11 is 0. The van der Waals surface area contributed by atoms with Crippen molar-refractivity contribution in [3.63, 3.8) is 0 Å². The molecule has 0 aromatic rings. The summed E-state index contributed by atoms with van der Waals surface area (Å²) in [7, 11) is 0. The monoisotopic (exact) mass is 142 g/mol. The molecule has 0 aliphatic heterocycles. The third kappa shape index (κ3) is 2.31. The van der Waals surface area contributed by atoms with Gasteiger partial charge in [0.1, 0.15) is 0 Å². The molecule has 0 aromatic heterocycles. The summed E-state index contributed by atoms with van der Waals surface area (Å²) < 4.78 is 0. The number of ketones is 1. The summed E-state index contributed by atoms with van der Waals surface area (Å²) in [4.78, 5) is 10.6. The highest BCUT2D eigenvalue weighted by Gasteiger charge is 2.15. The Labute approximate surface area is 61.6 Å². The molecule has 0 unspecified atom stereocenters. The van der Waals surface area contributed by atoms with E-state index >= 15 is 0 Å². The molecule has 0 aliphatic carbocycles. The van der Waals surface area contributed by atoms with E-state index in [1.165, 1.54) is 6.92 Å². The van der Waals surface area contributed by atoms with Gasteiger partial charge in [-0.15, -0.1) is 0 Å². The van der Waals surface area contributed by atoms with Crippen molar-refractivity contribution in [2.24, 2.45) is 5.92 Å². The molecule has 0 radical (unpaired) electrons. The van der Waals surface area contributed by atoms with Crippen LogP contribution >= 0.6 is 0 Å². The normalized spacial score (nSPS) is 13.3. The molecule has 0 aliphatic rings. The molecule has 0 saturated heterocycles. The third-order valence-electron chi connectivity index (χ3n) is 1.44. The van der Waals surface area contributed by atoms with E-state index in [0.717, 1.165) is 0 Å². The maximum absolute atomic E-state index is 10.6. The summed E-state index contributed by atoms with van der Waals surface area (Å²) in [5.74, 6) is -0.0717. The van der Waals surface area contributed by atoms with Crippen LogP contribution in [0.5, 0.6) is 0 Å². The van der Waals surface area contributed by atoms with E-state index in [0.29, 0.717) is 5.57 Å². The second-order valence-electron chi connectivity index (χ2n) is 2.77. The smallest absolute Gasteiger partial charge is 0.157 e. The molecule has 0 rings (SSSR count). The van der Waals surface area contributed by atoms with Gasteiger partial charge in [-0.3, -0.25) is 4.79 Å². The predicted molar refractivity (Wildman–Crippen MR) is 40.7 cm³/mol. The van der Waals surface area contributed by atoms with Crippen molar-refractivity contribution in [3.8, 4) is 0 Å². The largest absolute Gasteiger partial charge is 0.388 e. The van der Waals surface area contributed by atoms with Crippen LogP contribution in [-0.2, 0) is 4.79 Å². The molecule has 0 fully saturated rings. The minimum atomic E-state index is -0.683. The summed E-state index contributed by atoms with van der Waals surface area (Å²) in [6.45, 7) is 8.58. The van der Waals surface area contributed by atoms with Gasteiger partial charge in [-0.2, -0.15) is 0 Å². The van der Waals surface area contributed by atoms with Gasteiger partial charge in [0.05, 0.1) is 6.10 Å². The van der Waals surface area contributed by atoms with Crippen molar-refractivity contribution < 1.29 is 9.90 Å². The number of rotatable bonds is 3. The van der Waals surface area contributed by atoms with Crippen LogP contribution in [0.3, 0.4) is 0 Å². The lowest BCUT2D eigenvalue weighted by Crippen LogP contribution is -2.20. The van der Waals surface area contributed by atoms with Gasteiger partial charge >= 0.3 is 0 Å². The summed E-state index contributed by atoms with van der Waals surface area (Å²) in [6, 6.07) is 0. The number of carbonyl (C=O) groups excluding carboxylic acids is 1. The first-order valence-corrected chi connectivity index (χ1v) is 3.34. The molecule has 0 amide bonds. The Hall–Kier alpha value is -0.630. The number of hydrogen-bond acceptors (Lipinski definition) is 2. The SMILES string of the molecule is C=C(C(C)=O)[C@@H](O)C(C)C. The lowest BCUT2D eigenvalue weighted by atomic mass is 9.98. The lowest BCUT2D eigenvalue weighted by molar-refractivity contribution is -0.114. The fourth-order valence-corrected chi connectivity index (χ4v) is 0.611. The standard InChI is InChI=1S/C8H14O2/c1-5(2)8(10)6(3)7(4)9/h5,8,10H,3H2,1-2,4H3/t8-/m0/s1. The van der Waals surface area contributed by atoms with E-state index in [1.807, 2.05) is 13.8 Å². The zero-order valence-corrected chi connectivity index (χ0v) is 6.72. The van der Waals surface area contributed by atoms with Crippen molar-refractivity contribution in [2.45, 2.75) is 26.9 Å². The van der Waals surface area contributed by atoms with Gasteiger partial charge in [-0.25, -0.2) is 0 Å². The quantitative estimate of drug-likeness (QED) is 0.600. The van der Waals surface area contributed by atoms with Crippen molar-refractivity contribution in [3.05, 3.63) is 12.2 Å².